The van der Waals surface area contributed by atoms with Gasteiger partial charge in [-0.25, -0.2) is 0 Å². The zero-order chi connectivity index (χ0) is 5.54. The fourth-order valence-electron chi connectivity index (χ4n) is 0.225. The highest BCUT2D eigenvalue weighted by Crippen LogP contribution is 1.56. The van der Waals surface area contributed by atoms with Crippen LogP contribution in [0.3, 0.4) is 0 Å². The maximum atomic E-state index is 3.34. The summed E-state index contributed by atoms with van der Waals surface area (Å²) in [5.41, 5.74) is 5.21. The van der Waals surface area contributed by atoms with Crippen LogP contribution in [-0.2, 0) is 0 Å². The third-order valence-corrected chi connectivity index (χ3v) is 0.510. The van der Waals surface area contributed by atoms with Crippen molar-refractivity contribution in [2.24, 2.45) is 0 Å². The molecule has 1 nitrogen and oxygen atoms in total. The van der Waals surface area contributed by atoms with E-state index in [4.69, 9.17) is 0 Å². The number of rotatable bonds is 2. The zero-order valence-corrected chi connectivity index (χ0v) is 4.49. The second-order valence-electron chi connectivity index (χ2n) is 1.08. The highest BCUT2D eigenvalue weighted by Gasteiger charge is 1.60. The van der Waals surface area contributed by atoms with Crippen LogP contribution in [0.2, 0.25) is 0 Å². The van der Waals surface area contributed by atoms with Crippen LogP contribution in [0.25, 0.3) is 0 Å². The molecule has 0 saturated carbocycles. The van der Waals surface area contributed by atoms with Gasteiger partial charge in [-0.2, -0.15) is 0 Å². The minimum absolute atomic E-state index is 0.836. The first-order chi connectivity index (χ1) is 3.41. The summed E-state index contributed by atoms with van der Waals surface area (Å²) in [5.74, 6) is 0. The Bertz CT molecular complexity index is 103. The van der Waals surface area contributed by atoms with Gasteiger partial charge in [-0.05, 0) is 19.7 Å². The highest BCUT2D eigenvalue weighted by molar-refractivity contribution is 4.81. The van der Waals surface area contributed by atoms with E-state index in [0.29, 0.717) is 0 Å². The van der Waals surface area contributed by atoms with Crippen molar-refractivity contribution >= 4 is 0 Å². The molecule has 0 spiro atoms. The third-order valence-electron chi connectivity index (χ3n) is 0.510. The van der Waals surface area contributed by atoms with E-state index in [0.717, 1.165) is 6.54 Å². The molecule has 7 heavy (non-hydrogen) atoms. The Morgan fingerprint density at radius 2 is 2.57 bits per heavy atom. The van der Waals surface area contributed by atoms with Crippen molar-refractivity contribution in [3.8, 4) is 0 Å². The molecule has 0 fully saturated rings. The fourth-order valence-corrected chi connectivity index (χ4v) is 0.225. The Labute approximate surface area is 44.0 Å². The minimum Gasteiger partial charge on any atom is -0.316 e. The molecule has 0 aliphatic rings. The summed E-state index contributed by atoms with van der Waals surface area (Å²) in [4.78, 5) is 0. The standard InChI is InChI=1S/C6H9N/c1-3-4-5-6-7-2/h5,7H,1,6H2,2H3. The molecule has 0 unspecified atom stereocenters. The van der Waals surface area contributed by atoms with Crippen molar-refractivity contribution in [1.82, 2.24) is 5.32 Å². The van der Waals surface area contributed by atoms with Crippen LogP contribution < -0.4 is 5.32 Å². The second kappa shape index (κ2) is 5.26. The van der Waals surface area contributed by atoms with Gasteiger partial charge in [-0.1, -0.05) is 11.5 Å². The number of likely N-dealkylation sites (N-methyl/N-ethyl adjacent to an activating group) is 1. The van der Waals surface area contributed by atoms with Gasteiger partial charge in [0.2, 0.25) is 0 Å². The molecular formula is C6H9N. The van der Waals surface area contributed by atoms with E-state index in [1.807, 2.05) is 13.1 Å². The van der Waals surface area contributed by atoms with Crippen LogP contribution in [0.15, 0.2) is 24.1 Å². The van der Waals surface area contributed by atoms with Gasteiger partial charge in [0.1, 0.15) is 0 Å². The Balaban J connectivity index is 3.28. The predicted octanol–water partition coefficient (Wildman–Crippen LogP) is 0.702. The summed E-state index contributed by atoms with van der Waals surface area (Å²) in [7, 11) is 1.88. The maximum absolute atomic E-state index is 3.34. The molecule has 38 valence electrons. The van der Waals surface area contributed by atoms with Crippen LogP contribution in [0, 0.1) is 0 Å². The van der Waals surface area contributed by atoms with Crippen LogP contribution in [0.4, 0.5) is 0 Å². The lowest BCUT2D eigenvalue weighted by molar-refractivity contribution is 0.921. The summed E-state index contributed by atoms with van der Waals surface area (Å²) in [6, 6.07) is 0. The molecule has 0 atom stereocenters. The van der Waals surface area contributed by atoms with Gasteiger partial charge in [-0.3, -0.25) is 0 Å². The van der Waals surface area contributed by atoms with E-state index in [2.05, 4.69) is 23.4 Å². The number of nitrogens with one attached hydrogen (secondary N) is 1. The fraction of sp³-hybridized carbons (Fsp3) is 0.333. The van der Waals surface area contributed by atoms with Crippen molar-refractivity contribution in [1.29, 1.82) is 0 Å². The smallest absolute Gasteiger partial charge is 0.0213 e. The van der Waals surface area contributed by atoms with Crippen molar-refractivity contribution in [2.75, 3.05) is 13.6 Å². The zero-order valence-electron chi connectivity index (χ0n) is 4.49. The highest BCUT2D eigenvalue weighted by atomic mass is 14.8. The van der Waals surface area contributed by atoms with Crippen molar-refractivity contribution < 1.29 is 0 Å². The number of hydrogen-bond donors (Lipinski definition) is 1. The molecule has 0 bridgehead atoms. The van der Waals surface area contributed by atoms with Gasteiger partial charge >= 0.3 is 0 Å². The normalized spacial score (nSPS) is 6.43. The molecule has 1 N–H and O–H groups in total. The first kappa shape index (κ1) is 6.26. The summed E-state index contributed by atoms with van der Waals surface area (Å²) in [6.45, 7) is 4.17. The van der Waals surface area contributed by atoms with Gasteiger partial charge in [-0.15, -0.1) is 0 Å². The second-order valence-corrected chi connectivity index (χ2v) is 1.08. The minimum atomic E-state index is 0.836. The average Bonchev–Trinajstić information content (AvgIpc) is 1.69. The van der Waals surface area contributed by atoms with E-state index in [-0.39, 0.29) is 0 Å². The SMILES string of the molecule is C=C=C=CCNC. The molecule has 1 heteroatoms. The molecule has 0 aromatic heterocycles. The summed E-state index contributed by atoms with van der Waals surface area (Å²) in [5, 5.41) is 2.92. The van der Waals surface area contributed by atoms with E-state index < -0.39 is 0 Å². The molecule has 0 amide bonds. The summed E-state index contributed by atoms with van der Waals surface area (Å²) in [6.07, 6.45) is 1.83. The van der Waals surface area contributed by atoms with Gasteiger partial charge in [0.25, 0.3) is 0 Å². The van der Waals surface area contributed by atoms with Crippen LogP contribution >= 0.6 is 0 Å². The molecule has 0 radical (unpaired) electrons. The molecule has 0 aliphatic heterocycles. The Hall–Kier alpha value is -0.740. The predicted molar refractivity (Wildman–Crippen MR) is 31.1 cm³/mol. The molecular weight excluding hydrogens is 86.1 g/mol. The maximum Gasteiger partial charge on any atom is 0.0213 e. The monoisotopic (exact) mass is 95.1 g/mol. The van der Waals surface area contributed by atoms with Crippen LogP contribution in [-0.4, -0.2) is 13.6 Å². The lowest BCUT2D eigenvalue weighted by atomic mass is 10.6. The largest absolute Gasteiger partial charge is 0.316 e. The van der Waals surface area contributed by atoms with Crippen molar-refractivity contribution in [2.45, 2.75) is 0 Å². The summed E-state index contributed by atoms with van der Waals surface area (Å²) < 4.78 is 0. The van der Waals surface area contributed by atoms with Crippen molar-refractivity contribution in [3.63, 3.8) is 0 Å². The average molecular weight is 95.1 g/mol. The lowest BCUT2D eigenvalue weighted by Gasteiger charge is -1.79. The number of hydrogen-bond acceptors (Lipinski definition) is 1. The topological polar surface area (TPSA) is 12.0 Å². The molecule has 0 aliphatic carbocycles. The lowest BCUT2D eigenvalue weighted by Crippen LogP contribution is -2.03. The Morgan fingerprint density at radius 1 is 1.86 bits per heavy atom. The Morgan fingerprint density at radius 3 is 3.00 bits per heavy atom. The van der Waals surface area contributed by atoms with Crippen molar-refractivity contribution in [3.05, 3.63) is 24.1 Å². The third kappa shape index (κ3) is 5.26. The Kier molecular flexibility index (Phi) is 4.70. The van der Waals surface area contributed by atoms with Gasteiger partial charge in [0.15, 0.2) is 0 Å². The van der Waals surface area contributed by atoms with Gasteiger partial charge in [0.05, 0.1) is 0 Å². The molecule has 0 aromatic carbocycles. The first-order valence-corrected chi connectivity index (χ1v) is 2.15. The molecule has 0 aromatic rings. The van der Waals surface area contributed by atoms with E-state index in [9.17, 15) is 0 Å². The summed E-state index contributed by atoms with van der Waals surface area (Å²) >= 11 is 0. The van der Waals surface area contributed by atoms with Crippen LogP contribution in [0.5, 0.6) is 0 Å². The van der Waals surface area contributed by atoms with Crippen LogP contribution in [0.1, 0.15) is 0 Å². The first-order valence-electron chi connectivity index (χ1n) is 2.15. The van der Waals surface area contributed by atoms with E-state index in [1.165, 1.54) is 0 Å². The molecule has 0 rings (SSSR count). The van der Waals surface area contributed by atoms with E-state index in [1.54, 1.807) is 0 Å². The van der Waals surface area contributed by atoms with Gasteiger partial charge < -0.3 is 5.32 Å². The molecule has 0 saturated heterocycles. The van der Waals surface area contributed by atoms with Gasteiger partial charge in [0, 0.05) is 6.54 Å². The molecule has 0 heterocycles. The quantitative estimate of drug-likeness (QED) is 0.498. The van der Waals surface area contributed by atoms with E-state index >= 15 is 0 Å².